The fourth-order valence-electron chi connectivity index (χ4n) is 1.64. The summed E-state index contributed by atoms with van der Waals surface area (Å²) in [5, 5.41) is 1.12. The normalized spacial score (nSPS) is 11.9. The SMILES string of the molecule is CC(C)(N)Cc1cnc2cnccc2c1. The first-order chi connectivity index (χ1) is 7.04. The molecule has 0 bridgehead atoms. The summed E-state index contributed by atoms with van der Waals surface area (Å²) < 4.78 is 0. The minimum atomic E-state index is -0.192. The Morgan fingerprint density at radius 1 is 1.33 bits per heavy atom. The lowest BCUT2D eigenvalue weighted by atomic mass is 9.97. The number of rotatable bonds is 2. The number of pyridine rings is 2. The van der Waals surface area contributed by atoms with Gasteiger partial charge in [0.25, 0.3) is 0 Å². The molecule has 0 unspecified atom stereocenters. The molecule has 0 aliphatic rings. The lowest BCUT2D eigenvalue weighted by molar-refractivity contribution is 0.516. The minimum absolute atomic E-state index is 0.192. The molecule has 2 heterocycles. The third-order valence-corrected chi connectivity index (χ3v) is 2.20. The maximum atomic E-state index is 5.97. The molecular formula is C12H15N3. The fraction of sp³-hybridized carbons (Fsp3) is 0.333. The number of hydrogen-bond donors (Lipinski definition) is 1. The molecule has 0 aromatic carbocycles. The molecule has 0 fully saturated rings. The van der Waals surface area contributed by atoms with Gasteiger partial charge in [0, 0.05) is 23.3 Å². The van der Waals surface area contributed by atoms with Crippen molar-refractivity contribution < 1.29 is 0 Å². The lowest BCUT2D eigenvalue weighted by Gasteiger charge is -2.18. The predicted octanol–water partition coefficient (Wildman–Crippen LogP) is 1.91. The Balaban J connectivity index is 2.39. The molecule has 2 aromatic heterocycles. The van der Waals surface area contributed by atoms with Gasteiger partial charge >= 0.3 is 0 Å². The third kappa shape index (κ3) is 2.50. The first-order valence-corrected chi connectivity index (χ1v) is 5.02. The monoisotopic (exact) mass is 201 g/mol. The molecular weight excluding hydrogens is 186 g/mol. The van der Waals surface area contributed by atoms with Crippen molar-refractivity contribution in [2.24, 2.45) is 5.73 Å². The molecule has 0 amide bonds. The summed E-state index contributed by atoms with van der Waals surface area (Å²) >= 11 is 0. The van der Waals surface area contributed by atoms with Crippen LogP contribution in [0, 0.1) is 0 Å². The zero-order valence-electron chi connectivity index (χ0n) is 9.07. The van der Waals surface area contributed by atoms with E-state index in [4.69, 9.17) is 5.73 Å². The van der Waals surface area contributed by atoms with Crippen LogP contribution < -0.4 is 5.73 Å². The third-order valence-electron chi connectivity index (χ3n) is 2.20. The highest BCUT2D eigenvalue weighted by molar-refractivity contribution is 5.77. The molecule has 0 aliphatic carbocycles. The zero-order chi connectivity index (χ0) is 10.9. The van der Waals surface area contributed by atoms with E-state index >= 15 is 0 Å². The second kappa shape index (κ2) is 3.59. The Bertz CT molecular complexity index is 471. The second-order valence-corrected chi connectivity index (χ2v) is 4.58. The Morgan fingerprint density at radius 3 is 2.87 bits per heavy atom. The van der Waals surface area contributed by atoms with Crippen molar-refractivity contribution in [3.63, 3.8) is 0 Å². The molecule has 78 valence electrons. The van der Waals surface area contributed by atoms with Crippen molar-refractivity contribution in [2.75, 3.05) is 0 Å². The molecule has 2 rings (SSSR count). The standard InChI is InChI=1S/C12H15N3/c1-12(2,13)6-9-5-10-3-4-14-8-11(10)15-7-9/h3-5,7-8H,6,13H2,1-2H3. The number of nitrogens with two attached hydrogens (primary N) is 1. The minimum Gasteiger partial charge on any atom is -0.325 e. The predicted molar refractivity (Wildman–Crippen MR) is 61.5 cm³/mol. The highest BCUT2D eigenvalue weighted by Crippen LogP contribution is 2.15. The van der Waals surface area contributed by atoms with Crippen LogP contribution in [-0.4, -0.2) is 15.5 Å². The summed E-state index contributed by atoms with van der Waals surface area (Å²) in [4.78, 5) is 8.38. The molecule has 0 radical (unpaired) electrons. The first kappa shape index (κ1) is 10.1. The van der Waals surface area contributed by atoms with Crippen LogP contribution in [-0.2, 0) is 6.42 Å². The molecule has 3 nitrogen and oxygen atoms in total. The quantitative estimate of drug-likeness (QED) is 0.807. The average Bonchev–Trinajstić information content (AvgIpc) is 2.15. The topological polar surface area (TPSA) is 51.8 Å². The van der Waals surface area contributed by atoms with E-state index in [0.29, 0.717) is 0 Å². The molecule has 15 heavy (non-hydrogen) atoms. The van der Waals surface area contributed by atoms with Gasteiger partial charge < -0.3 is 5.73 Å². The van der Waals surface area contributed by atoms with Crippen LogP contribution in [0.15, 0.2) is 30.7 Å². The van der Waals surface area contributed by atoms with Crippen LogP contribution in [0.2, 0.25) is 0 Å². The molecule has 0 spiro atoms. The molecule has 0 atom stereocenters. The highest BCUT2D eigenvalue weighted by atomic mass is 14.7. The van der Waals surface area contributed by atoms with E-state index in [0.717, 1.165) is 17.3 Å². The lowest BCUT2D eigenvalue weighted by Crippen LogP contribution is -2.34. The summed E-state index contributed by atoms with van der Waals surface area (Å²) in [6, 6.07) is 4.09. The van der Waals surface area contributed by atoms with Crippen LogP contribution >= 0.6 is 0 Å². The van der Waals surface area contributed by atoms with E-state index in [-0.39, 0.29) is 5.54 Å². The van der Waals surface area contributed by atoms with Crippen molar-refractivity contribution in [3.8, 4) is 0 Å². The maximum Gasteiger partial charge on any atom is 0.0885 e. The van der Waals surface area contributed by atoms with E-state index < -0.39 is 0 Å². The first-order valence-electron chi connectivity index (χ1n) is 5.02. The number of hydrogen-bond acceptors (Lipinski definition) is 3. The smallest absolute Gasteiger partial charge is 0.0885 e. The molecule has 3 heteroatoms. The van der Waals surface area contributed by atoms with E-state index in [1.807, 2.05) is 26.1 Å². The van der Waals surface area contributed by atoms with Gasteiger partial charge in [-0.15, -0.1) is 0 Å². The number of nitrogens with zero attached hydrogens (tertiary/aromatic N) is 2. The molecule has 0 saturated heterocycles. The van der Waals surface area contributed by atoms with Gasteiger partial charge in [-0.05, 0) is 38.0 Å². The summed E-state index contributed by atoms with van der Waals surface area (Å²) in [6.45, 7) is 4.04. The average molecular weight is 201 g/mol. The Labute approximate surface area is 89.4 Å². The van der Waals surface area contributed by atoms with Crippen molar-refractivity contribution in [2.45, 2.75) is 25.8 Å². The Kier molecular flexibility index (Phi) is 2.40. The van der Waals surface area contributed by atoms with E-state index in [1.54, 1.807) is 12.4 Å². The molecule has 2 aromatic rings. The summed E-state index contributed by atoms with van der Waals surface area (Å²) in [5.41, 5.74) is 7.87. The largest absolute Gasteiger partial charge is 0.325 e. The number of aromatic nitrogens is 2. The molecule has 2 N–H and O–H groups in total. The van der Waals surface area contributed by atoms with Crippen LogP contribution in [0.25, 0.3) is 10.9 Å². The van der Waals surface area contributed by atoms with Gasteiger partial charge in [-0.1, -0.05) is 0 Å². The summed E-state index contributed by atoms with van der Waals surface area (Å²) in [6.07, 6.45) is 6.25. The Morgan fingerprint density at radius 2 is 2.13 bits per heavy atom. The fourth-order valence-corrected chi connectivity index (χ4v) is 1.64. The van der Waals surface area contributed by atoms with Gasteiger partial charge in [-0.25, -0.2) is 0 Å². The van der Waals surface area contributed by atoms with E-state index in [2.05, 4.69) is 16.0 Å². The Hall–Kier alpha value is -1.48. The van der Waals surface area contributed by atoms with Crippen LogP contribution in [0.1, 0.15) is 19.4 Å². The van der Waals surface area contributed by atoms with Crippen molar-refractivity contribution in [1.82, 2.24) is 9.97 Å². The maximum absolute atomic E-state index is 5.97. The van der Waals surface area contributed by atoms with Gasteiger partial charge in [0.1, 0.15) is 0 Å². The van der Waals surface area contributed by atoms with Crippen molar-refractivity contribution >= 4 is 10.9 Å². The van der Waals surface area contributed by atoms with Gasteiger partial charge in [0.15, 0.2) is 0 Å². The van der Waals surface area contributed by atoms with Gasteiger partial charge in [-0.3, -0.25) is 9.97 Å². The summed E-state index contributed by atoms with van der Waals surface area (Å²) in [7, 11) is 0. The van der Waals surface area contributed by atoms with Gasteiger partial charge in [-0.2, -0.15) is 0 Å². The van der Waals surface area contributed by atoms with Crippen molar-refractivity contribution in [3.05, 3.63) is 36.3 Å². The van der Waals surface area contributed by atoms with E-state index in [1.165, 1.54) is 5.56 Å². The second-order valence-electron chi connectivity index (χ2n) is 4.58. The van der Waals surface area contributed by atoms with Crippen molar-refractivity contribution in [1.29, 1.82) is 0 Å². The highest BCUT2D eigenvalue weighted by Gasteiger charge is 2.11. The van der Waals surface area contributed by atoms with Gasteiger partial charge in [0.05, 0.1) is 11.7 Å². The van der Waals surface area contributed by atoms with Crippen LogP contribution in [0.5, 0.6) is 0 Å². The van der Waals surface area contributed by atoms with Crippen LogP contribution in [0.4, 0.5) is 0 Å². The van der Waals surface area contributed by atoms with Crippen LogP contribution in [0.3, 0.4) is 0 Å². The molecule has 0 saturated carbocycles. The number of fused-ring (bicyclic) bond motifs is 1. The van der Waals surface area contributed by atoms with E-state index in [9.17, 15) is 0 Å². The molecule has 0 aliphatic heterocycles. The summed E-state index contributed by atoms with van der Waals surface area (Å²) in [5.74, 6) is 0. The zero-order valence-corrected chi connectivity index (χ0v) is 9.07. The van der Waals surface area contributed by atoms with Gasteiger partial charge in [0.2, 0.25) is 0 Å².